The number of hydrogen-bond acceptors (Lipinski definition) is 12. The first kappa shape index (κ1) is 28.6. The number of halogens is 1. The van der Waals surface area contributed by atoms with E-state index in [1.807, 2.05) is 0 Å². The maximum atomic E-state index is 15.9. The van der Waals surface area contributed by atoms with Crippen LogP contribution < -0.4 is 20.7 Å². The van der Waals surface area contributed by atoms with Crippen LogP contribution in [0.1, 0.15) is 27.0 Å². The number of aliphatic hydroxyl groups is 1. The molecule has 1 fully saturated rings. The third-order valence-corrected chi connectivity index (χ3v) is 7.66. The number of nitrogens with one attached hydrogen (secondary N) is 2. The van der Waals surface area contributed by atoms with Crippen LogP contribution in [-0.4, -0.2) is 74.8 Å². The van der Waals surface area contributed by atoms with Gasteiger partial charge in [0.05, 0.1) is 19.5 Å². The number of nitrogen functional groups attached to an aromatic ring is 1. The van der Waals surface area contributed by atoms with Crippen LogP contribution in [0.5, 0.6) is 5.75 Å². The lowest BCUT2D eigenvalue weighted by molar-refractivity contribution is -0.144. The minimum Gasteiger partial charge on any atom is -0.465 e. The Hall–Kier alpha value is -3.36. The van der Waals surface area contributed by atoms with Crippen molar-refractivity contribution in [3.63, 3.8) is 0 Å². The third-order valence-electron chi connectivity index (χ3n) is 6.01. The smallest absolute Gasteiger partial charge is 0.459 e. The summed E-state index contributed by atoms with van der Waals surface area (Å²) in [5.74, 6) is -0.238. The highest BCUT2D eigenvalue weighted by Crippen LogP contribution is 2.48. The first-order chi connectivity index (χ1) is 18.5. The number of hydrogen-bond donors (Lipinski definition) is 4. The van der Waals surface area contributed by atoms with Gasteiger partial charge in [0, 0.05) is 7.05 Å². The minimum atomic E-state index is -4.26. The van der Waals surface area contributed by atoms with Gasteiger partial charge in [0.2, 0.25) is 5.95 Å². The van der Waals surface area contributed by atoms with Gasteiger partial charge < -0.3 is 30.2 Å². The number of alkyl halides is 1. The maximum Gasteiger partial charge on any atom is 0.459 e. The summed E-state index contributed by atoms with van der Waals surface area (Å²) in [6, 6.07) is 7.05. The van der Waals surface area contributed by atoms with E-state index in [1.165, 1.54) is 17.8 Å². The molecule has 1 aromatic carbocycles. The fraction of sp³-hybridized carbons (Fsp3) is 0.478. The molecule has 3 heterocycles. The number of ether oxygens (including phenoxy) is 2. The van der Waals surface area contributed by atoms with Crippen LogP contribution in [0, 0.1) is 0 Å². The molecule has 4 rings (SSSR count). The van der Waals surface area contributed by atoms with Crippen molar-refractivity contribution < 1.29 is 37.4 Å². The van der Waals surface area contributed by atoms with Gasteiger partial charge in [-0.1, -0.05) is 18.2 Å². The van der Waals surface area contributed by atoms with Crippen LogP contribution in [0.2, 0.25) is 0 Å². The van der Waals surface area contributed by atoms with Gasteiger partial charge in [-0.05, 0) is 32.9 Å². The summed E-state index contributed by atoms with van der Waals surface area (Å²) in [5.41, 5.74) is 3.94. The van der Waals surface area contributed by atoms with Crippen molar-refractivity contribution >= 4 is 36.6 Å². The van der Waals surface area contributed by atoms with E-state index in [4.69, 9.17) is 24.3 Å². The molecule has 39 heavy (non-hydrogen) atoms. The van der Waals surface area contributed by atoms with Gasteiger partial charge in [-0.25, -0.2) is 13.9 Å². The average molecular weight is 568 g/mol. The van der Waals surface area contributed by atoms with Gasteiger partial charge in [-0.3, -0.25) is 13.9 Å². The molecule has 0 bridgehead atoms. The summed E-state index contributed by atoms with van der Waals surface area (Å²) in [4.78, 5) is 24.6. The number of para-hydroxylation sites is 1. The molecule has 1 saturated heterocycles. The summed E-state index contributed by atoms with van der Waals surface area (Å²) in [6.45, 7) is 3.76. The Morgan fingerprint density at radius 3 is 2.74 bits per heavy atom. The molecule has 0 unspecified atom stereocenters. The van der Waals surface area contributed by atoms with Crippen molar-refractivity contribution in [3.05, 3.63) is 36.7 Å². The Balaban J connectivity index is 1.57. The van der Waals surface area contributed by atoms with Crippen molar-refractivity contribution in [2.75, 3.05) is 31.3 Å². The van der Waals surface area contributed by atoms with E-state index in [2.05, 4.69) is 25.4 Å². The van der Waals surface area contributed by atoms with Crippen LogP contribution in [0.4, 0.5) is 16.2 Å². The van der Waals surface area contributed by atoms with Crippen molar-refractivity contribution in [3.8, 4) is 5.75 Å². The van der Waals surface area contributed by atoms with Crippen molar-refractivity contribution in [2.45, 2.75) is 50.9 Å². The van der Waals surface area contributed by atoms with E-state index in [1.54, 1.807) is 44.3 Å². The molecule has 3 aromatic rings. The molecule has 5 N–H and O–H groups in total. The lowest BCUT2D eigenvalue weighted by Gasteiger charge is -2.25. The highest BCUT2D eigenvalue weighted by Gasteiger charge is 2.56. The number of aromatic nitrogens is 4. The molecule has 2 aromatic heterocycles. The van der Waals surface area contributed by atoms with Crippen molar-refractivity contribution in [2.24, 2.45) is 0 Å². The zero-order valence-corrected chi connectivity index (χ0v) is 22.7. The quantitative estimate of drug-likeness (QED) is 0.195. The summed E-state index contributed by atoms with van der Waals surface area (Å²) in [6.07, 6.45) is -3.11. The summed E-state index contributed by atoms with van der Waals surface area (Å²) < 4.78 is 52.8. The van der Waals surface area contributed by atoms with Crippen molar-refractivity contribution in [1.82, 2.24) is 24.6 Å². The van der Waals surface area contributed by atoms with E-state index >= 15 is 4.39 Å². The molecular weight excluding hydrogens is 536 g/mol. The normalized spacial score (nSPS) is 25.2. The zero-order valence-electron chi connectivity index (χ0n) is 21.8. The highest BCUT2D eigenvalue weighted by molar-refractivity contribution is 7.52. The molecule has 0 radical (unpaired) electrons. The molecule has 14 nitrogen and oxygen atoms in total. The SMILES string of the molecule is CCOC(=O)[C@@H](C)N[P@](=O)(OC[C@H]1O[C@@H](n2cnc3c(NC)nc(N)nc32)[C@](C)(F)[C@@H]1O)Oc1ccccc1. The molecule has 1 aliphatic heterocycles. The number of carbonyl (C=O) groups excluding carboxylic acids is 1. The number of fused-ring (bicyclic) bond motifs is 1. The summed E-state index contributed by atoms with van der Waals surface area (Å²) >= 11 is 0. The first-order valence-electron chi connectivity index (χ1n) is 12.1. The van der Waals surface area contributed by atoms with Gasteiger partial charge >= 0.3 is 13.7 Å². The molecular formula is C23H31FN7O7P. The topological polar surface area (TPSA) is 185 Å². The number of rotatable bonds is 11. The first-order valence-corrected chi connectivity index (χ1v) is 13.7. The van der Waals surface area contributed by atoms with Gasteiger partial charge in [-0.2, -0.15) is 15.1 Å². The number of benzene rings is 1. The van der Waals surface area contributed by atoms with E-state index in [9.17, 15) is 14.5 Å². The largest absolute Gasteiger partial charge is 0.465 e. The van der Waals surface area contributed by atoms with Crippen LogP contribution in [-0.2, 0) is 23.4 Å². The van der Waals surface area contributed by atoms with E-state index in [0.717, 1.165) is 6.92 Å². The standard InChI is InChI=1S/C23H31FN7O7P/c1-5-35-20(33)13(2)30-39(34,38-14-9-7-6-8-10-14)36-11-15-17(32)23(3,24)21(37-15)31-12-27-16-18(26-4)28-22(25)29-19(16)31/h6-10,12-13,15,17,21,32H,5,11H2,1-4H3,(H,30,34)(H3,25,26,28,29)/t13-,15-,17-,21-,23-,39+/m1/s1. The molecule has 0 saturated carbocycles. The van der Waals surface area contributed by atoms with E-state index < -0.39 is 50.5 Å². The molecule has 1 aliphatic rings. The number of imidazole rings is 1. The van der Waals surface area contributed by atoms with Gasteiger partial charge in [0.15, 0.2) is 28.9 Å². The van der Waals surface area contributed by atoms with Crippen LogP contribution >= 0.6 is 7.75 Å². The summed E-state index contributed by atoms with van der Waals surface area (Å²) in [5, 5.41) is 16.2. The second kappa shape index (κ2) is 11.4. The van der Waals surface area contributed by atoms with Crippen LogP contribution in [0.3, 0.4) is 0 Å². The predicted octanol–water partition coefficient (Wildman–Crippen LogP) is 2.18. The van der Waals surface area contributed by atoms with E-state index in [0.29, 0.717) is 11.3 Å². The van der Waals surface area contributed by atoms with Gasteiger partial charge in [0.1, 0.15) is 24.0 Å². The molecule has 6 atom stereocenters. The Morgan fingerprint density at radius 2 is 2.08 bits per heavy atom. The monoisotopic (exact) mass is 567 g/mol. The van der Waals surface area contributed by atoms with Crippen LogP contribution in [0.25, 0.3) is 11.2 Å². The highest BCUT2D eigenvalue weighted by atomic mass is 31.2. The van der Waals surface area contributed by atoms with Gasteiger partial charge in [0.25, 0.3) is 0 Å². The number of esters is 1. The fourth-order valence-electron chi connectivity index (χ4n) is 4.07. The number of carbonyl (C=O) groups is 1. The van der Waals surface area contributed by atoms with Crippen molar-refractivity contribution in [1.29, 1.82) is 0 Å². The molecule has 0 amide bonds. The summed E-state index contributed by atoms with van der Waals surface area (Å²) in [7, 11) is -2.64. The van der Waals surface area contributed by atoms with Gasteiger partial charge in [-0.15, -0.1) is 0 Å². The second-order valence-corrected chi connectivity index (χ2v) is 10.6. The maximum absolute atomic E-state index is 15.9. The predicted molar refractivity (Wildman–Crippen MR) is 139 cm³/mol. The lowest BCUT2D eigenvalue weighted by Crippen LogP contribution is -2.41. The number of nitrogens with zero attached hydrogens (tertiary/aromatic N) is 4. The lowest BCUT2D eigenvalue weighted by atomic mass is 9.98. The Morgan fingerprint density at radius 1 is 1.36 bits per heavy atom. The van der Waals surface area contributed by atoms with Crippen LogP contribution in [0.15, 0.2) is 36.7 Å². The Labute approximate surface area is 223 Å². The number of aliphatic hydroxyl groups excluding tert-OH is 1. The minimum absolute atomic E-state index is 0.0756. The molecule has 212 valence electrons. The average Bonchev–Trinajstić information content (AvgIpc) is 3.40. The second-order valence-electron chi connectivity index (χ2n) is 8.93. The van der Waals surface area contributed by atoms with E-state index in [-0.39, 0.29) is 24.0 Å². The number of anilines is 2. The fourth-order valence-corrected chi connectivity index (χ4v) is 5.57. The Bertz CT molecular complexity index is 1360. The molecule has 0 aliphatic carbocycles. The number of nitrogens with two attached hydrogens (primary N) is 1. The zero-order chi connectivity index (χ0) is 28.4. The third kappa shape index (κ3) is 5.97. The molecule has 0 spiro atoms. The molecule has 16 heteroatoms. The Kier molecular flexibility index (Phi) is 8.37.